The number of primary amides is 1. The molecule has 0 aromatic heterocycles. The standard InChI is InChI=1S/C6H13NO3S/c1-3-5(6(7)8)11(9,10)4-2/h5H,3-4H2,1-2H3,(H2,7,8). The molecule has 1 amide bonds. The molecule has 5 heteroatoms. The Kier molecular flexibility index (Phi) is 3.51. The molecule has 0 aliphatic heterocycles. The van der Waals surface area contributed by atoms with Gasteiger partial charge in [0.2, 0.25) is 5.91 Å². The van der Waals surface area contributed by atoms with Crippen molar-refractivity contribution in [3.63, 3.8) is 0 Å². The minimum Gasteiger partial charge on any atom is -0.369 e. The third kappa shape index (κ3) is 2.49. The molecule has 0 aromatic rings. The summed E-state index contributed by atoms with van der Waals surface area (Å²) in [6.07, 6.45) is 0.255. The van der Waals surface area contributed by atoms with Gasteiger partial charge in [-0.2, -0.15) is 0 Å². The SMILES string of the molecule is CCC(C(N)=O)S(=O)(=O)CC. The molecule has 1 atom stereocenters. The third-order valence-electron chi connectivity index (χ3n) is 1.52. The molecule has 0 saturated carbocycles. The third-order valence-corrected chi connectivity index (χ3v) is 3.76. The van der Waals surface area contributed by atoms with E-state index < -0.39 is 21.0 Å². The van der Waals surface area contributed by atoms with Crippen LogP contribution in [-0.4, -0.2) is 25.3 Å². The van der Waals surface area contributed by atoms with Crippen molar-refractivity contribution in [1.82, 2.24) is 0 Å². The summed E-state index contributed by atoms with van der Waals surface area (Å²) < 4.78 is 22.1. The smallest absolute Gasteiger partial charge is 0.235 e. The van der Waals surface area contributed by atoms with Crippen molar-refractivity contribution in [2.45, 2.75) is 25.5 Å². The molecule has 0 rings (SSSR count). The first kappa shape index (κ1) is 10.4. The topological polar surface area (TPSA) is 77.2 Å². The van der Waals surface area contributed by atoms with E-state index in [-0.39, 0.29) is 12.2 Å². The molecular formula is C6H13NO3S. The van der Waals surface area contributed by atoms with Gasteiger partial charge in [0, 0.05) is 5.75 Å². The minimum atomic E-state index is -3.28. The maximum Gasteiger partial charge on any atom is 0.235 e. The van der Waals surface area contributed by atoms with Crippen molar-refractivity contribution in [3.8, 4) is 0 Å². The van der Waals surface area contributed by atoms with Gasteiger partial charge in [-0.15, -0.1) is 0 Å². The Labute approximate surface area is 66.7 Å². The van der Waals surface area contributed by atoms with Crippen LogP contribution in [0.5, 0.6) is 0 Å². The highest BCUT2D eigenvalue weighted by Gasteiger charge is 2.26. The second-order valence-electron chi connectivity index (χ2n) is 2.25. The molecule has 11 heavy (non-hydrogen) atoms. The van der Waals surface area contributed by atoms with Crippen LogP contribution in [0.2, 0.25) is 0 Å². The van der Waals surface area contributed by atoms with E-state index in [2.05, 4.69) is 0 Å². The van der Waals surface area contributed by atoms with E-state index in [1.807, 2.05) is 0 Å². The van der Waals surface area contributed by atoms with Crippen LogP contribution >= 0.6 is 0 Å². The lowest BCUT2D eigenvalue weighted by Crippen LogP contribution is -2.36. The van der Waals surface area contributed by atoms with Crippen LogP contribution in [0.4, 0.5) is 0 Å². The summed E-state index contributed by atoms with van der Waals surface area (Å²) >= 11 is 0. The molecular weight excluding hydrogens is 166 g/mol. The number of hydrogen-bond donors (Lipinski definition) is 1. The maximum absolute atomic E-state index is 11.1. The van der Waals surface area contributed by atoms with Crippen LogP contribution in [0.25, 0.3) is 0 Å². The van der Waals surface area contributed by atoms with Gasteiger partial charge < -0.3 is 5.73 Å². The van der Waals surface area contributed by atoms with E-state index in [0.717, 1.165) is 0 Å². The summed E-state index contributed by atoms with van der Waals surface area (Å²) in [5, 5.41) is -1.01. The Hall–Kier alpha value is -0.580. The molecule has 0 aliphatic carbocycles. The molecule has 0 aromatic carbocycles. The number of rotatable bonds is 4. The van der Waals surface area contributed by atoms with E-state index in [9.17, 15) is 13.2 Å². The summed E-state index contributed by atoms with van der Waals surface area (Å²) in [4.78, 5) is 10.6. The van der Waals surface area contributed by atoms with Gasteiger partial charge in [0.25, 0.3) is 0 Å². The second kappa shape index (κ2) is 3.71. The largest absolute Gasteiger partial charge is 0.369 e. The van der Waals surface area contributed by atoms with Crippen molar-refractivity contribution in [3.05, 3.63) is 0 Å². The molecule has 0 bridgehead atoms. The van der Waals surface area contributed by atoms with Crippen LogP contribution in [0.3, 0.4) is 0 Å². The van der Waals surface area contributed by atoms with Crippen LogP contribution in [-0.2, 0) is 14.6 Å². The zero-order chi connectivity index (χ0) is 9.07. The van der Waals surface area contributed by atoms with E-state index in [1.165, 1.54) is 6.92 Å². The number of nitrogens with two attached hydrogens (primary N) is 1. The average Bonchev–Trinajstić information content (AvgIpc) is 1.88. The molecule has 0 saturated heterocycles. The molecule has 2 N–H and O–H groups in total. The van der Waals surface area contributed by atoms with Gasteiger partial charge in [0.15, 0.2) is 9.84 Å². The Bertz CT molecular complexity index is 232. The Morgan fingerprint density at radius 2 is 1.91 bits per heavy atom. The van der Waals surface area contributed by atoms with E-state index in [0.29, 0.717) is 0 Å². The highest BCUT2D eigenvalue weighted by molar-refractivity contribution is 7.92. The summed E-state index contributed by atoms with van der Waals surface area (Å²) in [5.74, 6) is -0.789. The molecule has 0 aliphatic rings. The maximum atomic E-state index is 11.1. The lowest BCUT2D eigenvalue weighted by Gasteiger charge is -2.09. The fraction of sp³-hybridized carbons (Fsp3) is 0.833. The molecule has 0 spiro atoms. The van der Waals surface area contributed by atoms with Gasteiger partial charge in [0.1, 0.15) is 5.25 Å². The average molecular weight is 179 g/mol. The van der Waals surface area contributed by atoms with Gasteiger partial charge in [-0.1, -0.05) is 13.8 Å². The highest BCUT2D eigenvalue weighted by Crippen LogP contribution is 2.05. The monoisotopic (exact) mass is 179 g/mol. The highest BCUT2D eigenvalue weighted by atomic mass is 32.2. The van der Waals surface area contributed by atoms with E-state index >= 15 is 0 Å². The Morgan fingerprint density at radius 1 is 1.45 bits per heavy atom. The van der Waals surface area contributed by atoms with Gasteiger partial charge in [0.05, 0.1) is 0 Å². The predicted molar refractivity (Wildman–Crippen MR) is 42.7 cm³/mol. The lowest BCUT2D eigenvalue weighted by molar-refractivity contribution is -0.117. The molecule has 4 nitrogen and oxygen atoms in total. The fourth-order valence-corrected chi connectivity index (χ4v) is 2.10. The van der Waals surface area contributed by atoms with Crippen LogP contribution in [0.1, 0.15) is 20.3 Å². The van der Waals surface area contributed by atoms with Crippen molar-refractivity contribution in [1.29, 1.82) is 0 Å². The summed E-state index contributed by atoms with van der Waals surface area (Å²) in [7, 11) is -3.28. The number of amides is 1. The number of carbonyl (C=O) groups is 1. The van der Waals surface area contributed by atoms with Crippen LogP contribution in [0, 0.1) is 0 Å². The van der Waals surface area contributed by atoms with E-state index in [1.54, 1.807) is 6.92 Å². The van der Waals surface area contributed by atoms with Gasteiger partial charge in [-0.05, 0) is 6.42 Å². The number of carbonyl (C=O) groups excluding carboxylic acids is 1. The molecule has 1 unspecified atom stereocenters. The predicted octanol–water partition coefficient (Wildman–Crippen LogP) is -0.315. The van der Waals surface area contributed by atoms with Crippen molar-refractivity contribution >= 4 is 15.7 Å². The van der Waals surface area contributed by atoms with Gasteiger partial charge >= 0.3 is 0 Å². The molecule has 0 fully saturated rings. The normalized spacial score (nSPS) is 14.4. The minimum absolute atomic E-state index is 0.0333. The summed E-state index contributed by atoms with van der Waals surface area (Å²) in [6, 6.07) is 0. The first-order valence-corrected chi connectivity index (χ1v) is 5.18. The van der Waals surface area contributed by atoms with Crippen molar-refractivity contribution in [2.24, 2.45) is 5.73 Å². The van der Waals surface area contributed by atoms with Gasteiger partial charge in [-0.25, -0.2) is 8.42 Å². The van der Waals surface area contributed by atoms with E-state index in [4.69, 9.17) is 5.73 Å². The second-order valence-corrected chi connectivity index (χ2v) is 4.72. The zero-order valence-corrected chi connectivity index (χ0v) is 7.52. The first-order valence-electron chi connectivity index (χ1n) is 3.46. The van der Waals surface area contributed by atoms with Crippen molar-refractivity contribution in [2.75, 3.05) is 5.75 Å². The molecule has 0 heterocycles. The number of sulfone groups is 1. The van der Waals surface area contributed by atoms with Gasteiger partial charge in [-0.3, -0.25) is 4.79 Å². The molecule has 66 valence electrons. The number of hydrogen-bond acceptors (Lipinski definition) is 3. The quantitative estimate of drug-likeness (QED) is 0.642. The molecule has 0 radical (unpaired) electrons. The first-order chi connectivity index (χ1) is 4.95. The van der Waals surface area contributed by atoms with Crippen LogP contribution < -0.4 is 5.73 Å². The summed E-state index contributed by atoms with van der Waals surface area (Å²) in [6.45, 7) is 3.13. The Morgan fingerprint density at radius 3 is 2.00 bits per heavy atom. The zero-order valence-electron chi connectivity index (χ0n) is 6.70. The van der Waals surface area contributed by atoms with Crippen molar-refractivity contribution < 1.29 is 13.2 Å². The lowest BCUT2D eigenvalue weighted by atomic mass is 10.3. The van der Waals surface area contributed by atoms with Crippen LogP contribution in [0.15, 0.2) is 0 Å². The summed E-state index contributed by atoms with van der Waals surface area (Å²) in [5.41, 5.74) is 4.89. The fourth-order valence-electron chi connectivity index (χ4n) is 0.833. The Balaban J connectivity index is 4.65.